The van der Waals surface area contributed by atoms with Gasteiger partial charge in [-0.05, 0) is 59.6 Å². The Labute approximate surface area is 151 Å². The smallest absolute Gasteiger partial charge is 0.335 e. The SMILES string of the molecule is O=C(O)c1cc(C2CC2)ccc1Cc1c[nH]c(=O)c(-c2ccccc2)c1. The summed E-state index contributed by atoms with van der Waals surface area (Å²) >= 11 is 0. The number of carboxylic acids is 1. The predicted octanol–water partition coefficient (Wildman–Crippen LogP) is 4.21. The minimum atomic E-state index is -0.907. The van der Waals surface area contributed by atoms with Gasteiger partial charge >= 0.3 is 5.97 Å². The zero-order valence-corrected chi connectivity index (χ0v) is 14.2. The Bertz CT molecular complexity index is 1020. The van der Waals surface area contributed by atoms with Gasteiger partial charge in [0.1, 0.15) is 0 Å². The van der Waals surface area contributed by atoms with Crippen LogP contribution in [0.2, 0.25) is 0 Å². The Kier molecular flexibility index (Phi) is 4.17. The summed E-state index contributed by atoms with van der Waals surface area (Å²) in [5.41, 5.74) is 4.38. The molecule has 130 valence electrons. The molecule has 0 spiro atoms. The van der Waals surface area contributed by atoms with E-state index in [1.807, 2.05) is 48.5 Å². The normalized spacial score (nSPS) is 13.5. The minimum Gasteiger partial charge on any atom is -0.478 e. The summed E-state index contributed by atoms with van der Waals surface area (Å²) < 4.78 is 0. The van der Waals surface area contributed by atoms with Gasteiger partial charge in [0.2, 0.25) is 0 Å². The number of aromatic amines is 1. The first-order chi connectivity index (χ1) is 12.6. The molecule has 4 rings (SSSR count). The number of pyridine rings is 1. The number of nitrogens with one attached hydrogen (secondary N) is 1. The summed E-state index contributed by atoms with van der Waals surface area (Å²) in [5, 5.41) is 9.59. The molecule has 2 N–H and O–H groups in total. The van der Waals surface area contributed by atoms with Gasteiger partial charge in [0.05, 0.1) is 5.56 Å². The van der Waals surface area contributed by atoms with E-state index < -0.39 is 5.97 Å². The fourth-order valence-corrected chi connectivity index (χ4v) is 3.30. The van der Waals surface area contributed by atoms with Crippen LogP contribution in [0.4, 0.5) is 0 Å². The number of benzene rings is 2. The molecule has 0 bridgehead atoms. The average Bonchev–Trinajstić information content (AvgIpc) is 3.49. The molecule has 1 heterocycles. The largest absolute Gasteiger partial charge is 0.478 e. The van der Waals surface area contributed by atoms with E-state index in [4.69, 9.17) is 0 Å². The first-order valence-electron chi connectivity index (χ1n) is 8.75. The van der Waals surface area contributed by atoms with Crippen LogP contribution in [0.3, 0.4) is 0 Å². The van der Waals surface area contributed by atoms with Crippen molar-refractivity contribution in [3.63, 3.8) is 0 Å². The van der Waals surface area contributed by atoms with E-state index in [1.54, 1.807) is 12.3 Å². The second-order valence-electron chi connectivity index (χ2n) is 6.79. The van der Waals surface area contributed by atoms with Crippen LogP contribution in [0.5, 0.6) is 0 Å². The van der Waals surface area contributed by atoms with Crippen molar-refractivity contribution in [2.75, 3.05) is 0 Å². The highest BCUT2D eigenvalue weighted by Crippen LogP contribution is 2.40. The summed E-state index contributed by atoms with van der Waals surface area (Å²) in [7, 11) is 0. The van der Waals surface area contributed by atoms with Crippen LogP contribution in [-0.4, -0.2) is 16.1 Å². The van der Waals surface area contributed by atoms with Crippen LogP contribution in [-0.2, 0) is 6.42 Å². The topological polar surface area (TPSA) is 70.2 Å². The van der Waals surface area contributed by atoms with E-state index >= 15 is 0 Å². The summed E-state index contributed by atoms with van der Waals surface area (Å²) in [5.74, 6) is -0.393. The van der Waals surface area contributed by atoms with Gasteiger partial charge in [-0.3, -0.25) is 4.79 Å². The number of hydrogen-bond acceptors (Lipinski definition) is 2. The van der Waals surface area contributed by atoms with Gasteiger partial charge in [-0.15, -0.1) is 0 Å². The van der Waals surface area contributed by atoms with Crippen LogP contribution in [0.15, 0.2) is 65.6 Å². The van der Waals surface area contributed by atoms with Gasteiger partial charge in [-0.25, -0.2) is 4.79 Å². The molecule has 0 aliphatic heterocycles. The Morgan fingerprint density at radius 1 is 1.08 bits per heavy atom. The molecule has 1 aromatic heterocycles. The van der Waals surface area contributed by atoms with Gasteiger partial charge in [0.15, 0.2) is 0 Å². The summed E-state index contributed by atoms with van der Waals surface area (Å²) in [6.07, 6.45) is 4.40. The van der Waals surface area contributed by atoms with Gasteiger partial charge in [0, 0.05) is 11.8 Å². The monoisotopic (exact) mass is 345 g/mol. The fourth-order valence-electron chi connectivity index (χ4n) is 3.30. The molecule has 1 fully saturated rings. The van der Waals surface area contributed by atoms with Crippen molar-refractivity contribution < 1.29 is 9.90 Å². The van der Waals surface area contributed by atoms with E-state index in [1.165, 1.54) is 0 Å². The number of aromatic carboxylic acids is 1. The molecule has 0 radical (unpaired) electrons. The molecule has 1 aliphatic carbocycles. The maximum absolute atomic E-state index is 12.2. The molecule has 0 saturated heterocycles. The highest BCUT2D eigenvalue weighted by atomic mass is 16.4. The van der Waals surface area contributed by atoms with E-state index in [0.717, 1.165) is 35.1 Å². The van der Waals surface area contributed by atoms with E-state index in [-0.39, 0.29) is 5.56 Å². The standard InChI is InChI=1S/C22H19NO3/c24-21-19(16-4-2-1-3-5-16)11-14(13-23-21)10-18-9-8-17(15-6-7-15)12-20(18)22(25)26/h1-5,8-9,11-13,15H,6-7,10H2,(H,23,24)(H,25,26). The van der Waals surface area contributed by atoms with Crippen LogP contribution < -0.4 is 5.56 Å². The summed E-state index contributed by atoms with van der Waals surface area (Å²) in [6.45, 7) is 0. The zero-order chi connectivity index (χ0) is 18.1. The third kappa shape index (κ3) is 3.31. The number of carboxylic acid groups (broad SMARTS) is 1. The van der Waals surface area contributed by atoms with Crippen molar-refractivity contribution in [2.45, 2.75) is 25.2 Å². The Morgan fingerprint density at radius 2 is 1.85 bits per heavy atom. The van der Waals surface area contributed by atoms with Crippen LogP contribution >= 0.6 is 0 Å². The summed E-state index contributed by atoms with van der Waals surface area (Å²) in [6, 6.07) is 17.0. The lowest BCUT2D eigenvalue weighted by atomic mass is 9.96. The van der Waals surface area contributed by atoms with Crippen LogP contribution in [0.25, 0.3) is 11.1 Å². The lowest BCUT2D eigenvalue weighted by Gasteiger charge is -2.10. The molecule has 1 saturated carbocycles. The van der Waals surface area contributed by atoms with Crippen molar-refractivity contribution in [3.05, 3.63) is 93.4 Å². The summed E-state index contributed by atoms with van der Waals surface area (Å²) in [4.78, 5) is 26.6. The fraction of sp³-hybridized carbons (Fsp3) is 0.182. The average molecular weight is 345 g/mol. The van der Waals surface area contributed by atoms with E-state index in [2.05, 4.69) is 4.98 Å². The molecule has 1 aliphatic rings. The maximum atomic E-state index is 12.2. The van der Waals surface area contributed by atoms with E-state index in [9.17, 15) is 14.7 Å². The molecule has 0 atom stereocenters. The van der Waals surface area contributed by atoms with Gasteiger partial charge in [-0.2, -0.15) is 0 Å². The quantitative estimate of drug-likeness (QED) is 0.728. The number of carbonyl (C=O) groups is 1. The molecule has 2 aromatic carbocycles. The van der Waals surface area contributed by atoms with Gasteiger partial charge < -0.3 is 10.1 Å². The van der Waals surface area contributed by atoms with Crippen molar-refractivity contribution in [2.24, 2.45) is 0 Å². The molecular weight excluding hydrogens is 326 g/mol. The molecule has 0 amide bonds. The Morgan fingerprint density at radius 3 is 2.54 bits per heavy atom. The Hall–Kier alpha value is -3.14. The maximum Gasteiger partial charge on any atom is 0.335 e. The number of hydrogen-bond donors (Lipinski definition) is 2. The van der Waals surface area contributed by atoms with E-state index in [0.29, 0.717) is 23.5 Å². The molecular formula is C22H19NO3. The highest BCUT2D eigenvalue weighted by Gasteiger charge is 2.25. The molecule has 3 aromatic rings. The second kappa shape index (κ2) is 6.64. The van der Waals surface area contributed by atoms with Crippen molar-refractivity contribution in [1.82, 2.24) is 4.98 Å². The Balaban J connectivity index is 1.69. The van der Waals surface area contributed by atoms with Crippen LogP contribution in [0, 0.1) is 0 Å². The third-order valence-corrected chi connectivity index (χ3v) is 4.86. The van der Waals surface area contributed by atoms with Crippen molar-refractivity contribution in [3.8, 4) is 11.1 Å². The van der Waals surface area contributed by atoms with Crippen LogP contribution in [0.1, 0.15) is 45.8 Å². The first kappa shape index (κ1) is 16.3. The minimum absolute atomic E-state index is 0.150. The molecule has 26 heavy (non-hydrogen) atoms. The number of H-pyrrole nitrogens is 1. The van der Waals surface area contributed by atoms with Crippen molar-refractivity contribution >= 4 is 5.97 Å². The third-order valence-electron chi connectivity index (χ3n) is 4.86. The first-order valence-corrected chi connectivity index (χ1v) is 8.75. The van der Waals surface area contributed by atoms with Gasteiger partial charge in [0.25, 0.3) is 5.56 Å². The zero-order valence-electron chi connectivity index (χ0n) is 14.2. The predicted molar refractivity (Wildman–Crippen MR) is 101 cm³/mol. The lowest BCUT2D eigenvalue weighted by molar-refractivity contribution is 0.0695. The number of aromatic nitrogens is 1. The van der Waals surface area contributed by atoms with Crippen molar-refractivity contribution in [1.29, 1.82) is 0 Å². The second-order valence-corrected chi connectivity index (χ2v) is 6.79. The molecule has 0 unspecified atom stereocenters. The lowest BCUT2D eigenvalue weighted by Crippen LogP contribution is -2.10. The molecule has 4 nitrogen and oxygen atoms in total. The molecule has 4 heteroatoms. The highest BCUT2D eigenvalue weighted by molar-refractivity contribution is 5.90. The van der Waals surface area contributed by atoms with Gasteiger partial charge in [-0.1, -0.05) is 42.5 Å². The number of rotatable bonds is 5.